The van der Waals surface area contributed by atoms with Crippen LogP contribution in [0.5, 0.6) is 0 Å². The van der Waals surface area contributed by atoms with E-state index in [0.717, 1.165) is 17.1 Å². The maximum Gasteiger partial charge on any atom is 0.330 e. The summed E-state index contributed by atoms with van der Waals surface area (Å²) in [6, 6.07) is -1.05. The van der Waals surface area contributed by atoms with Crippen LogP contribution in [-0.4, -0.2) is 39.5 Å². The first kappa shape index (κ1) is 11.1. The fraction of sp³-hybridized carbons (Fsp3) is 0.429. The van der Waals surface area contributed by atoms with Crippen molar-refractivity contribution < 1.29 is 19.6 Å². The van der Waals surface area contributed by atoms with Crippen molar-refractivity contribution in [3.05, 3.63) is 22.5 Å². The summed E-state index contributed by atoms with van der Waals surface area (Å²) in [4.78, 5) is 20.5. The average molecular weight is 215 g/mol. The molecular weight excluding hydrogens is 206 g/mol. The van der Waals surface area contributed by atoms with Crippen LogP contribution in [0.3, 0.4) is 0 Å². The third kappa shape index (κ3) is 2.50. The number of ether oxygens (including phenoxy) is 1. The largest absolute Gasteiger partial charge is 0.480 e. The van der Waals surface area contributed by atoms with Crippen LogP contribution < -0.4 is 0 Å². The van der Waals surface area contributed by atoms with Crippen LogP contribution >= 0.6 is 0 Å². The molecule has 15 heavy (non-hydrogen) atoms. The quantitative estimate of drug-likeness (QED) is 0.549. The number of carboxylic acids is 1. The van der Waals surface area contributed by atoms with Gasteiger partial charge in [-0.25, -0.2) is 9.48 Å². The van der Waals surface area contributed by atoms with Gasteiger partial charge in [0.05, 0.1) is 11.5 Å². The summed E-state index contributed by atoms with van der Waals surface area (Å²) in [6.45, 7) is -0.103. The molecule has 0 saturated heterocycles. The van der Waals surface area contributed by atoms with Gasteiger partial charge in [-0.2, -0.15) is 5.10 Å². The van der Waals surface area contributed by atoms with Gasteiger partial charge in [0.25, 0.3) is 0 Å². The first-order valence-corrected chi connectivity index (χ1v) is 3.96. The van der Waals surface area contributed by atoms with Gasteiger partial charge in [-0.05, 0) is 0 Å². The molecule has 0 radical (unpaired) electrons. The number of carbonyl (C=O) groups is 1. The molecule has 82 valence electrons. The molecule has 1 atom stereocenters. The van der Waals surface area contributed by atoms with Gasteiger partial charge in [0.1, 0.15) is 12.4 Å². The summed E-state index contributed by atoms with van der Waals surface area (Å²) < 4.78 is 5.67. The number of hydrogen-bond donors (Lipinski definition) is 1. The van der Waals surface area contributed by atoms with Crippen molar-refractivity contribution in [3.63, 3.8) is 0 Å². The zero-order chi connectivity index (χ0) is 11.4. The fourth-order valence-electron chi connectivity index (χ4n) is 1.01. The molecule has 0 fully saturated rings. The number of nitrogens with zero attached hydrogens (tertiary/aromatic N) is 3. The van der Waals surface area contributed by atoms with Gasteiger partial charge in [-0.3, -0.25) is 10.1 Å². The van der Waals surface area contributed by atoms with E-state index in [4.69, 9.17) is 5.11 Å². The highest BCUT2D eigenvalue weighted by molar-refractivity contribution is 5.71. The van der Waals surface area contributed by atoms with Crippen LogP contribution in [0, 0.1) is 10.1 Å². The molecule has 1 aromatic heterocycles. The number of methoxy groups -OCH3 is 1. The summed E-state index contributed by atoms with van der Waals surface area (Å²) in [5.74, 6) is -1.16. The SMILES string of the molecule is COCC(C(=O)O)n1cc([N+](=O)[O-])cn1. The second kappa shape index (κ2) is 4.51. The van der Waals surface area contributed by atoms with Crippen LogP contribution in [0.25, 0.3) is 0 Å². The highest BCUT2D eigenvalue weighted by atomic mass is 16.6. The maximum atomic E-state index is 10.8. The third-order valence-corrected chi connectivity index (χ3v) is 1.73. The zero-order valence-corrected chi connectivity index (χ0v) is 7.86. The first-order valence-electron chi connectivity index (χ1n) is 3.96. The van der Waals surface area contributed by atoms with Crippen molar-refractivity contribution in [2.24, 2.45) is 0 Å². The molecule has 0 saturated carbocycles. The van der Waals surface area contributed by atoms with Gasteiger partial charge in [0.2, 0.25) is 0 Å². The number of rotatable bonds is 5. The van der Waals surface area contributed by atoms with Gasteiger partial charge in [0.15, 0.2) is 6.04 Å². The molecule has 0 amide bonds. The topological polar surface area (TPSA) is 107 Å². The predicted octanol–water partition coefficient (Wildman–Crippen LogP) is 0.0634. The Balaban J connectivity index is 2.91. The number of aliphatic carboxylic acids is 1. The molecule has 1 rings (SSSR count). The van der Waals surface area contributed by atoms with E-state index in [9.17, 15) is 14.9 Å². The lowest BCUT2D eigenvalue weighted by Crippen LogP contribution is -2.23. The number of nitro groups is 1. The second-order valence-electron chi connectivity index (χ2n) is 2.75. The van der Waals surface area contributed by atoms with Gasteiger partial charge in [0, 0.05) is 7.11 Å². The summed E-state index contributed by atoms with van der Waals surface area (Å²) in [5, 5.41) is 22.7. The minimum Gasteiger partial charge on any atom is -0.480 e. The first-order chi connectivity index (χ1) is 7.06. The monoisotopic (exact) mass is 215 g/mol. The molecule has 0 aliphatic heterocycles. The summed E-state index contributed by atoms with van der Waals surface area (Å²) in [5.41, 5.74) is -0.252. The molecule has 0 aliphatic carbocycles. The van der Waals surface area contributed by atoms with E-state index in [1.807, 2.05) is 0 Å². The molecule has 1 N–H and O–H groups in total. The van der Waals surface area contributed by atoms with Crippen LogP contribution in [0.2, 0.25) is 0 Å². The van der Waals surface area contributed by atoms with Crippen molar-refractivity contribution in [1.29, 1.82) is 0 Å². The van der Waals surface area contributed by atoms with Crippen molar-refractivity contribution in [2.45, 2.75) is 6.04 Å². The normalized spacial score (nSPS) is 12.3. The predicted molar refractivity (Wildman–Crippen MR) is 47.4 cm³/mol. The van der Waals surface area contributed by atoms with Gasteiger partial charge >= 0.3 is 11.7 Å². The lowest BCUT2D eigenvalue weighted by Gasteiger charge is -2.10. The Hall–Kier alpha value is -1.96. The van der Waals surface area contributed by atoms with E-state index in [1.165, 1.54) is 7.11 Å². The summed E-state index contributed by atoms with van der Waals surface area (Å²) in [6.07, 6.45) is 2.05. The van der Waals surface area contributed by atoms with Crippen molar-refractivity contribution in [3.8, 4) is 0 Å². The Kier molecular flexibility index (Phi) is 3.34. The van der Waals surface area contributed by atoms with Crippen LogP contribution in [0.1, 0.15) is 6.04 Å². The third-order valence-electron chi connectivity index (χ3n) is 1.73. The van der Waals surface area contributed by atoms with E-state index in [0.29, 0.717) is 0 Å². The number of hydrogen-bond acceptors (Lipinski definition) is 5. The van der Waals surface area contributed by atoms with E-state index in [1.54, 1.807) is 0 Å². The number of carboxylic acid groups (broad SMARTS) is 1. The number of aromatic nitrogens is 2. The highest BCUT2D eigenvalue weighted by Gasteiger charge is 2.22. The molecule has 1 aromatic rings. The minimum atomic E-state index is -1.16. The molecule has 8 nitrogen and oxygen atoms in total. The van der Waals surface area contributed by atoms with Crippen molar-refractivity contribution >= 4 is 11.7 Å². The van der Waals surface area contributed by atoms with Crippen LogP contribution in [0.15, 0.2) is 12.4 Å². The Morgan fingerprint density at radius 3 is 2.93 bits per heavy atom. The zero-order valence-electron chi connectivity index (χ0n) is 7.86. The minimum absolute atomic E-state index is 0.103. The van der Waals surface area contributed by atoms with Gasteiger partial charge in [-0.1, -0.05) is 0 Å². The summed E-state index contributed by atoms with van der Waals surface area (Å²) >= 11 is 0. The molecule has 1 unspecified atom stereocenters. The Morgan fingerprint density at radius 2 is 2.53 bits per heavy atom. The molecule has 0 spiro atoms. The van der Waals surface area contributed by atoms with Crippen LogP contribution in [-0.2, 0) is 9.53 Å². The van der Waals surface area contributed by atoms with Crippen LogP contribution in [0.4, 0.5) is 5.69 Å². The van der Waals surface area contributed by atoms with E-state index >= 15 is 0 Å². The van der Waals surface area contributed by atoms with E-state index in [-0.39, 0.29) is 12.3 Å². The summed E-state index contributed by atoms with van der Waals surface area (Å²) in [7, 11) is 1.34. The average Bonchev–Trinajstić information content (AvgIpc) is 2.62. The smallest absolute Gasteiger partial charge is 0.330 e. The lowest BCUT2D eigenvalue weighted by molar-refractivity contribution is -0.385. The molecule has 1 heterocycles. The second-order valence-corrected chi connectivity index (χ2v) is 2.75. The van der Waals surface area contributed by atoms with Gasteiger partial charge in [-0.15, -0.1) is 0 Å². The van der Waals surface area contributed by atoms with Crippen molar-refractivity contribution in [1.82, 2.24) is 9.78 Å². The van der Waals surface area contributed by atoms with E-state index in [2.05, 4.69) is 9.84 Å². The Morgan fingerprint density at radius 1 is 1.87 bits per heavy atom. The lowest BCUT2D eigenvalue weighted by atomic mass is 10.3. The fourth-order valence-corrected chi connectivity index (χ4v) is 1.01. The maximum absolute atomic E-state index is 10.8. The molecule has 0 aromatic carbocycles. The molecule has 0 bridgehead atoms. The van der Waals surface area contributed by atoms with Crippen molar-refractivity contribution in [2.75, 3.05) is 13.7 Å². The molecule has 0 aliphatic rings. The molecular formula is C7H9N3O5. The van der Waals surface area contributed by atoms with E-state index < -0.39 is 16.9 Å². The Labute approximate surface area is 84.2 Å². The highest BCUT2D eigenvalue weighted by Crippen LogP contribution is 2.13. The van der Waals surface area contributed by atoms with Gasteiger partial charge < -0.3 is 9.84 Å². The standard InChI is InChI=1S/C7H9N3O5/c1-15-4-6(7(11)12)9-3-5(2-8-9)10(13)14/h2-3,6H,4H2,1H3,(H,11,12). The Bertz CT molecular complexity index is 374. The molecule has 8 heteroatoms.